The summed E-state index contributed by atoms with van der Waals surface area (Å²) < 4.78 is 0. The Labute approximate surface area is 184 Å². The molecule has 0 amide bonds. The quantitative estimate of drug-likeness (QED) is 0.547. The lowest BCUT2D eigenvalue weighted by molar-refractivity contribution is -0.217. The maximum atomic E-state index is 12.4. The molecule has 0 aromatic carbocycles. The molecule has 0 bridgehead atoms. The van der Waals surface area contributed by atoms with Crippen molar-refractivity contribution in [1.29, 1.82) is 0 Å². The Morgan fingerprint density at radius 1 is 0.900 bits per heavy atom. The molecular formula is C27H46O3. The highest BCUT2D eigenvalue weighted by molar-refractivity contribution is 5.75. The first kappa shape index (κ1) is 22.6. The van der Waals surface area contributed by atoms with Gasteiger partial charge in [0.1, 0.15) is 0 Å². The highest BCUT2D eigenvalue weighted by Gasteiger charge is 2.65. The van der Waals surface area contributed by atoms with E-state index in [0.717, 1.165) is 38.5 Å². The lowest BCUT2D eigenvalue weighted by atomic mass is 9.36. The molecule has 0 heterocycles. The fraction of sp³-hybridized carbons (Fsp3) is 0.963. The molecule has 30 heavy (non-hydrogen) atoms. The van der Waals surface area contributed by atoms with Crippen LogP contribution in [0, 0.1) is 51.2 Å². The van der Waals surface area contributed by atoms with Gasteiger partial charge in [-0.3, -0.25) is 4.79 Å². The van der Waals surface area contributed by atoms with Crippen LogP contribution >= 0.6 is 0 Å². The first-order chi connectivity index (χ1) is 13.9. The summed E-state index contributed by atoms with van der Waals surface area (Å²) in [5.74, 6) is 2.28. The van der Waals surface area contributed by atoms with Crippen molar-refractivity contribution in [1.82, 2.24) is 0 Å². The third-order valence-electron chi connectivity index (χ3n) is 11.8. The number of hydrogen-bond donors (Lipinski definition) is 2. The normalized spacial score (nSPS) is 52.6. The highest BCUT2D eigenvalue weighted by Crippen LogP contribution is 2.71. The van der Waals surface area contributed by atoms with Crippen molar-refractivity contribution >= 4 is 5.97 Å². The molecule has 0 saturated heterocycles. The van der Waals surface area contributed by atoms with E-state index < -0.39 is 11.4 Å². The SMILES string of the molecule is CCCC1(C(=O)O)CCC2C(CCC3C2(C)CCC2C(C)(C)C(O)CCC23C)C1C. The molecule has 4 aliphatic rings. The minimum atomic E-state index is -0.540. The standard InChI is InChI=1S/C27H46O3/c1-7-13-27(23(29)30)16-10-19-18(17(27)2)8-9-21-25(19,5)14-11-20-24(3,4)22(28)12-15-26(20,21)6/h17-22,28H,7-16H2,1-6H3,(H,29,30). The second kappa shape index (κ2) is 7.22. The number of carboxylic acids is 1. The topological polar surface area (TPSA) is 57.5 Å². The van der Waals surface area contributed by atoms with Crippen molar-refractivity contribution < 1.29 is 15.0 Å². The van der Waals surface area contributed by atoms with Crippen molar-refractivity contribution in [2.24, 2.45) is 51.2 Å². The van der Waals surface area contributed by atoms with Crippen LogP contribution < -0.4 is 0 Å². The minimum Gasteiger partial charge on any atom is -0.481 e. The molecule has 3 nitrogen and oxygen atoms in total. The number of aliphatic hydroxyl groups excluding tert-OH is 1. The first-order valence-electron chi connectivity index (χ1n) is 12.9. The minimum absolute atomic E-state index is 0.00459. The van der Waals surface area contributed by atoms with Gasteiger partial charge in [0.15, 0.2) is 0 Å². The Morgan fingerprint density at radius 3 is 2.20 bits per heavy atom. The van der Waals surface area contributed by atoms with Crippen molar-refractivity contribution in [2.45, 2.75) is 112 Å². The monoisotopic (exact) mass is 418 g/mol. The number of fused-ring (bicyclic) bond motifs is 5. The van der Waals surface area contributed by atoms with Gasteiger partial charge in [0, 0.05) is 0 Å². The van der Waals surface area contributed by atoms with Crippen LogP contribution in [0.2, 0.25) is 0 Å². The molecule has 4 fully saturated rings. The summed E-state index contributed by atoms with van der Waals surface area (Å²) in [4.78, 5) is 12.4. The van der Waals surface area contributed by atoms with Gasteiger partial charge in [0.25, 0.3) is 0 Å². The second-order valence-electron chi connectivity index (χ2n) is 12.9. The largest absolute Gasteiger partial charge is 0.481 e. The van der Waals surface area contributed by atoms with Gasteiger partial charge in [0.05, 0.1) is 11.5 Å². The molecule has 4 aliphatic carbocycles. The van der Waals surface area contributed by atoms with Crippen molar-refractivity contribution in [3.63, 3.8) is 0 Å². The van der Waals surface area contributed by atoms with Gasteiger partial charge in [-0.2, -0.15) is 0 Å². The van der Waals surface area contributed by atoms with Crippen LogP contribution in [0.25, 0.3) is 0 Å². The van der Waals surface area contributed by atoms with Gasteiger partial charge in [-0.05, 0) is 104 Å². The van der Waals surface area contributed by atoms with E-state index in [1.165, 1.54) is 25.7 Å². The van der Waals surface area contributed by atoms with Crippen LogP contribution in [0.4, 0.5) is 0 Å². The maximum absolute atomic E-state index is 12.4. The van der Waals surface area contributed by atoms with E-state index in [4.69, 9.17) is 0 Å². The van der Waals surface area contributed by atoms with Crippen LogP contribution in [0.1, 0.15) is 106 Å². The lowest BCUT2D eigenvalue weighted by Gasteiger charge is -2.69. The molecule has 0 aromatic rings. The Balaban J connectivity index is 1.66. The molecule has 9 unspecified atom stereocenters. The Hall–Kier alpha value is -0.570. The van der Waals surface area contributed by atoms with Gasteiger partial charge in [-0.25, -0.2) is 0 Å². The molecule has 4 saturated carbocycles. The van der Waals surface area contributed by atoms with Gasteiger partial charge in [-0.15, -0.1) is 0 Å². The van der Waals surface area contributed by atoms with E-state index >= 15 is 0 Å². The Bertz CT molecular complexity index is 686. The molecule has 0 spiro atoms. The fourth-order valence-corrected chi connectivity index (χ4v) is 10.1. The number of aliphatic carboxylic acids is 1. The maximum Gasteiger partial charge on any atom is 0.309 e. The number of aliphatic hydroxyl groups is 1. The van der Waals surface area contributed by atoms with Crippen LogP contribution in [-0.2, 0) is 4.79 Å². The van der Waals surface area contributed by atoms with Crippen molar-refractivity contribution in [3.8, 4) is 0 Å². The van der Waals surface area contributed by atoms with Gasteiger partial charge >= 0.3 is 5.97 Å². The zero-order chi connectivity index (χ0) is 22.1. The van der Waals surface area contributed by atoms with E-state index in [9.17, 15) is 15.0 Å². The summed E-state index contributed by atoms with van der Waals surface area (Å²) in [6.45, 7) is 14.2. The lowest BCUT2D eigenvalue weighted by Crippen LogP contribution is -2.63. The first-order valence-corrected chi connectivity index (χ1v) is 12.9. The molecule has 0 aliphatic heterocycles. The van der Waals surface area contributed by atoms with Crippen LogP contribution in [0.5, 0.6) is 0 Å². The molecule has 9 atom stereocenters. The Kier molecular flexibility index (Phi) is 5.44. The van der Waals surface area contributed by atoms with Crippen molar-refractivity contribution in [2.75, 3.05) is 0 Å². The zero-order valence-corrected chi connectivity index (χ0v) is 20.3. The molecule has 0 aromatic heterocycles. The predicted molar refractivity (Wildman–Crippen MR) is 121 cm³/mol. The van der Waals surface area contributed by atoms with Crippen LogP contribution in [0.3, 0.4) is 0 Å². The number of rotatable bonds is 3. The van der Waals surface area contributed by atoms with E-state index in [2.05, 4.69) is 41.5 Å². The molecule has 4 rings (SSSR count). The average molecular weight is 419 g/mol. The Morgan fingerprint density at radius 2 is 1.57 bits per heavy atom. The average Bonchev–Trinajstić information content (AvgIpc) is 2.67. The van der Waals surface area contributed by atoms with Crippen LogP contribution in [0.15, 0.2) is 0 Å². The molecular weight excluding hydrogens is 372 g/mol. The van der Waals surface area contributed by atoms with E-state index in [-0.39, 0.29) is 17.4 Å². The second-order valence-corrected chi connectivity index (χ2v) is 12.9. The third kappa shape index (κ3) is 2.82. The molecule has 172 valence electrons. The van der Waals surface area contributed by atoms with Gasteiger partial charge < -0.3 is 10.2 Å². The van der Waals surface area contributed by atoms with Gasteiger partial charge in [-0.1, -0.05) is 48.0 Å². The van der Waals surface area contributed by atoms with E-state index in [1.807, 2.05) is 0 Å². The summed E-state index contributed by atoms with van der Waals surface area (Å²) in [5.41, 5.74) is 0.147. The van der Waals surface area contributed by atoms with Crippen molar-refractivity contribution in [3.05, 3.63) is 0 Å². The smallest absolute Gasteiger partial charge is 0.309 e. The summed E-state index contributed by atoms with van der Waals surface area (Å²) in [6.07, 6.45) is 10.6. The van der Waals surface area contributed by atoms with E-state index in [0.29, 0.717) is 34.5 Å². The number of carboxylic acid groups (broad SMARTS) is 1. The predicted octanol–water partition coefficient (Wildman–Crippen LogP) is 6.53. The fourth-order valence-electron chi connectivity index (χ4n) is 10.1. The number of carbonyl (C=O) groups is 1. The molecule has 0 radical (unpaired) electrons. The highest BCUT2D eigenvalue weighted by atomic mass is 16.4. The summed E-state index contributed by atoms with van der Waals surface area (Å²) >= 11 is 0. The van der Waals surface area contributed by atoms with E-state index in [1.54, 1.807) is 0 Å². The molecule has 3 heteroatoms. The summed E-state index contributed by atoms with van der Waals surface area (Å²) in [7, 11) is 0. The molecule has 2 N–H and O–H groups in total. The van der Waals surface area contributed by atoms with Gasteiger partial charge in [0.2, 0.25) is 0 Å². The van der Waals surface area contributed by atoms with Crippen LogP contribution in [-0.4, -0.2) is 22.3 Å². The third-order valence-corrected chi connectivity index (χ3v) is 11.8. The summed E-state index contributed by atoms with van der Waals surface area (Å²) in [5, 5.41) is 21.0. The summed E-state index contributed by atoms with van der Waals surface area (Å²) in [6, 6.07) is 0. The zero-order valence-electron chi connectivity index (χ0n) is 20.3. The number of hydrogen-bond acceptors (Lipinski definition) is 2.